The number of aromatic nitrogens is 4. The Morgan fingerprint density at radius 3 is 2.72 bits per heavy atom. The van der Waals surface area contributed by atoms with Crippen LogP contribution in [0.15, 0.2) is 14.5 Å². The monoisotopic (exact) mass is 430 g/mol. The van der Waals surface area contributed by atoms with Crippen LogP contribution in [0.3, 0.4) is 0 Å². The number of rotatable bonds is 5. The molecular weight excluding hydrogens is 404 g/mol. The van der Waals surface area contributed by atoms with Crippen LogP contribution < -0.4 is 5.56 Å². The van der Waals surface area contributed by atoms with E-state index in [4.69, 9.17) is 9.51 Å². The van der Waals surface area contributed by atoms with Gasteiger partial charge in [0, 0.05) is 16.8 Å². The van der Waals surface area contributed by atoms with Gasteiger partial charge in [-0.1, -0.05) is 43.6 Å². The average Bonchev–Trinajstić information content (AvgIpc) is 3.45. The van der Waals surface area contributed by atoms with Gasteiger partial charge in [-0.05, 0) is 44.1 Å². The highest BCUT2D eigenvalue weighted by molar-refractivity contribution is 7.98. The molecule has 3 heterocycles. The summed E-state index contributed by atoms with van der Waals surface area (Å²) in [5.41, 5.74) is 1.44. The van der Waals surface area contributed by atoms with Gasteiger partial charge >= 0.3 is 0 Å². The molecule has 1 saturated carbocycles. The van der Waals surface area contributed by atoms with Crippen molar-refractivity contribution < 1.29 is 4.52 Å². The molecule has 1 fully saturated rings. The number of thiophene rings is 1. The Kier molecular flexibility index (Phi) is 5.24. The summed E-state index contributed by atoms with van der Waals surface area (Å²) in [5, 5.41) is 5.80. The van der Waals surface area contributed by atoms with Crippen LogP contribution in [0.5, 0.6) is 0 Å². The largest absolute Gasteiger partial charge is 0.339 e. The van der Waals surface area contributed by atoms with Crippen LogP contribution in [0.4, 0.5) is 0 Å². The molecular formula is C21H26N4O2S2. The molecule has 154 valence electrons. The zero-order chi connectivity index (χ0) is 20.0. The Morgan fingerprint density at radius 2 is 1.97 bits per heavy atom. The summed E-state index contributed by atoms with van der Waals surface area (Å²) < 4.78 is 7.32. The van der Waals surface area contributed by atoms with Crippen molar-refractivity contribution >= 4 is 33.3 Å². The second kappa shape index (κ2) is 7.87. The Morgan fingerprint density at radius 1 is 1.17 bits per heavy atom. The van der Waals surface area contributed by atoms with Gasteiger partial charge in [0.05, 0.1) is 11.1 Å². The quantitative estimate of drug-likeness (QED) is 0.406. The fourth-order valence-corrected chi connectivity index (χ4v) is 6.69. The Bertz CT molecular complexity index is 1090. The summed E-state index contributed by atoms with van der Waals surface area (Å²) in [5.74, 6) is 2.09. The zero-order valence-electron chi connectivity index (χ0n) is 16.9. The van der Waals surface area contributed by atoms with Crippen molar-refractivity contribution in [3.8, 4) is 0 Å². The van der Waals surface area contributed by atoms with Crippen LogP contribution in [0.25, 0.3) is 10.2 Å². The maximum absolute atomic E-state index is 13.6. The van der Waals surface area contributed by atoms with Crippen molar-refractivity contribution in [1.29, 1.82) is 0 Å². The number of thioether (sulfide) groups is 1. The Balaban J connectivity index is 1.55. The predicted molar refractivity (Wildman–Crippen MR) is 116 cm³/mol. The highest BCUT2D eigenvalue weighted by Crippen LogP contribution is 2.37. The molecule has 2 aliphatic rings. The lowest BCUT2D eigenvalue weighted by Gasteiger charge is -2.18. The van der Waals surface area contributed by atoms with Gasteiger partial charge in [-0.25, -0.2) is 4.98 Å². The van der Waals surface area contributed by atoms with Gasteiger partial charge < -0.3 is 4.52 Å². The molecule has 3 aromatic rings. The highest BCUT2D eigenvalue weighted by Gasteiger charge is 2.27. The summed E-state index contributed by atoms with van der Waals surface area (Å²) >= 11 is 3.28. The van der Waals surface area contributed by atoms with E-state index in [0.717, 1.165) is 41.1 Å². The van der Waals surface area contributed by atoms with Crippen LogP contribution in [0, 0.1) is 0 Å². The second-order valence-electron chi connectivity index (χ2n) is 8.39. The van der Waals surface area contributed by atoms with E-state index < -0.39 is 0 Å². The summed E-state index contributed by atoms with van der Waals surface area (Å²) in [4.78, 5) is 25.4. The van der Waals surface area contributed by atoms with E-state index >= 15 is 0 Å². The van der Waals surface area contributed by atoms with Crippen LogP contribution in [-0.4, -0.2) is 19.7 Å². The van der Waals surface area contributed by atoms with Gasteiger partial charge in [0.15, 0.2) is 11.0 Å². The molecule has 0 atom stereocenters. The predicted octanol–water partition coefficient (Wildman–Crippen LogP) is 5.25. The van der Waals surface area contributed by atoms with Gasteiger partial charge in [-0.2, -0.15) is 4.98 Å². The van der Waals surface area contributed by atoms with Crippen LogP contribution in [0.1, 0.15) is 86.5 Å². The minimum absolute atomic E-state index is 0.166. The first-order valence-corrected chi connectivity index (χ1v) is 12.4. The lowest BCUT2D eigenvalue weighted by atomic mass is 9.97. The summed E-state index contributed by atoms with van der Waals surface area (Å²) in [7, 11) is 0. The molecule has 3 aromatic heterocycles. The summed E-state index contributed by atoms with van der Waals surface area (Å²) in [6.45, 7) is 4.08. The molecule has 0 N–H and O–H groups in total. The fraction of sp³-hybridized carbons (Fsp3) is 0.619. The standard InChI is InChI=1S/C21H26N4O2S2/c1-12(2)18-22-16(24-27-18)11-28-21-23-19-17(14-9-5-6-10-15(14)29-19)20(26)25(21)13-7-3-4-8-13/h12-13H,3-11H2,1-2H3. The number of nitrogens with zero attached hydrogens (tertiary/aromatic N) is 4. The molecule has 6 nitrogen and oxygen atoms in total. The molecule has 0 saturated heterocycles. The molecule has 29 heavy (non-hydrogen) atoms. The molecule has 0 spiro atoms. The maximum Gasteiger partial charge on any atom is 0.263 e. The van der Waals surface area contributed by atoms with E-state index in [0.29, 0.717) is 17.5 Å². The molecule has 0 aliphatic heterocycles. The van der Waals surface area contributed by atoms with E-state index in [1.165, 1.54) is 36.1 Å². The van der Waals surface area contributed by atoms with Crippen molar-refractivity contribution in [1.82, 2.24) is 19.7 Å². The minimum Gasteiger partial charge on any atom is -0.339 e. The molecule has 0 aromatic carbocycles. The van der Waals surface area contributed by atoms with Crippen LogP contribution in [-0.2, 0) is 18.6 Å². The SMILES string of the molecule is CC(C)c1nc(CSc2nc3sc4c(c3c(=O)n2C2CCCC2)CCCC4)no1. The third-order valence-electron chi connectivity index (χ3n) is 5.99. The van der Waals surface area contributed by atoms with Crippen molar-refractivity contribution in [2.75, 3.05) is 0 Å². The third kappa shape index (κ3) is 3.54. The Labute approximate surface area is 178 Å². The Hall–Kier alpha value is -1.67. The first-order chi connectivity index (χ1) is 14.1. The molecule has 0 unspecified atom stereocenters. The van der Waals surface area contributed by atoms with Gasteiger partial charge in [0.2, 0.25) is 5.89 Å². The van der Waals surface area contributed by atoms with Gasteiger partial charge in [0.25, 0.3) is 5.56 Å². The number of hydrogen-bond donors (Lipinski definition) is 0. The van der Waals surface area contributed by atoms with Gasteiger partial charge in [0.1, 0.15) is 4.83 Å². The van der Waals surface area contributed by atoms with Crippen molar-refractivity contribution in [2.24, 2.45) is 0 Å². The van der Waals surface area contributed by atoms with E-state index in [1.807, 2.05) is 18.4 Å². The van der Waals surface area contributed by atoms with E-state index in [1.54, 1.807) is 23.1 Å². The average molecular weight is 431 g/mol. The van der Waals surface area contributed by atoms with E-state index in [2.05, 4.69) is 10.1 Å². The van der Waals surface area contributed by atoms with Crippen LogP contribution in [0.2, 0.25) is 0 Å². The molecule has 0 radical (unpaired) electrons. The lowest BCUT2D eigenvalue weighted by Crippen LogP contribution is -2.26. The molecule has 0 bridgehead atoms. The van der Waals surface area contributed by atoms with Crippen molar-refractivity contribution in [2.45, 2.75) is 88.1 Å². The first-order valence-electron chi connectivity index (χ1n) is 10.6. The van der Waals surface area contributed by atoms with Gasteiger partial charge in [-0.15, -0.1) is 11.3 Å². The number of fused-ring (bicyclic) bond motifs is 3. The minimum atomic E-state index is 0.166. The molecule has 2 aliphatic carbocycles. The molecule has 8 heteroatoms. The number of aryl methyl sites for hydroxylation is 2. The topological polar surface area (TPSA) is 73.8 Å². The van der Waals surface area contributed by atoms with E-state index in [-0.39, 0.29) is 17.5 Å². The first kappa shape index (κ1) is 19.3. The smallest absolute Gasteiger partial charge is 0.263 e. The van der Waals surface area contributed by atoms with Crippen LogP contribution >= 0.6 is 23.1 Å². The summed E-state index contributed by atoms with van der Waals surface area (Å²) in [6, 6.07) is 0.262. The van der Waals surface area contributed by atoms with Gasteiger partial charge in [-0.3, -0.25) is 9.36 Å². The van der Waals surface area contributed by atoms with E-state index in [9.17, 15) is 4.79 Å². The molecule has 5 rings (SSSR count). The molecule has 0 amide bonds. The maximum atomic E-state index is 13.6. The van der Waals surface area contributed by atoms with Crippen molar-refractivity contribution in [3.05, 3.63) is 32.5 Å². The second-order valence-corrected chi connectivity index (χ2v) is 10.4. The summed E-state index contributed by atoms with van der Waals surface area (Å²) in [6.07, 6.45) is 8.99. The normalized spacial score (nSPS) is 17.5. The zero-order valence-corrected chi connectivity index (χ0v) is 18.6. The van der Waals surface area contributed by atoms with Crippen molar-refractivity contribution in [3.63, 3.8) is 0 Å². The highest BCUT2D eigenvalue weighted by atomic mass is 32.2. The third-order valence-corrected chi connectivity index (χ3v) is 8.12. The fourth-order valence-electron chi connectivity index (χ4n) is 4.47. The lowest BCUT2D eigenvalue weighted by molar-refractivity contribution is 0.362. The number of hydrogen-bond acceptors (Lipinski definition) is 7.